The summed E-state index contributed by atoms with van der Waals surface area (Å²) in [5.41, 5.74) is 1.81. The van der Waals surface area contributed by atoms with Crippen molar-refractivity contribution >= 4 is 15.9 Å². The molecule has 1 N–H and O–H groups in total. The van der Waals surface area contributed by atoms with Gasteiger partial charge in [0.25, 0.3) is 0 Å². The molecule has 0 aliphatic carbocycles. The third-order valence-corrected chi connectivity index (χ3v) is 5.37. The van der Waals surface area contributed by atoms with Gasteiger partial charge in [-0.2, -0.15) is 4.31 Å². The van der Waals surface area contributed by atoms with Crippen molar-refractivity contribution in [1.29, 1.82) is 0 Å². The summed E-state index contributed by atoms with van der Waals surface area (Å²) in [4.78, 5) is 12.3. The molecular formula is C20H25FN2O3S. The summed E-state index contributed by atoms with van der Waals surface area (Å²) in [5.74, 6) is -0.752. The Morgan fingerprint density at radius 3 is 2.30 bits per heavy atom. The second kappa shape index (κ2) is 9.62. The molecule has 0 radical (unpaired) electrons. The number of nitrogens with zero attached hydrogens (tertiary/aromatic N) is 1. The zero-order valence-corrected chi connectivity index (χ0v) is 16.4. The third-order valence-electron chi connectivity index (χ3n) is 4.18. The fourth-order valence-electron chi connectivity index (χ4n) is 2.66. The Labute approximate surface area is 160 Å². The monoisotopic (exact) mass is 392 g/mol. The molecule has 1 amide bonds. The molecular weight excluding hydrogens is 367 g/mol. The molecule has 0 heterocycles. The molecule has 0 aromatic heterocycles. The van der Waals surface area contributed by atoms with Gasteiger partial charge in [-0.1, -0.05) is 42.5 Å². The van der Waals surface area contributed by atoms with Gasteiger partial charge in [-0.25, -0.2) is 12.8 Å². The first kappa shape index (κ1) is 21.1. The molecule has 2 aromatic rings. The van der Waals surface area contributed by atoms with Crippen molar-refractivity contribution < 1.29 is 17.6 Å². The van der Waals surface area contributed by atoms with Crippen LogP contribution in [0.5, 0.6) is 0 Å². The molecule has 2 aromatic carbocycles. The van der Waals surface area contributed by atoms with Gasteiger partial charge in [-0.05, 0) is 43.0 Å². The summed E-state index contributed by atoms with van der Waals surface area (Å²) in [6.07, 6.45) is 2.64. The number of sulfonamides is 1. The first-order valence-corrected chi connectivity index (χ1v) is 10.6. The van der Waals surface area contributed by atoms with Gasteiger partial charge in [0.05, 0.1) is 12.8 Å². The first-order valence-electron chi connectivity index (χ1n) is 8.77. The molecule has 0 saturated carbocycles. The minimum atomic E-state index is -3.58. The second-order valence-electron chi connectivity index (χ2n) is 6.65. The lowest BCUT2D eigenvalue weighted by atomic mass is 10.1. The van der Waals surface area contributed by atoms with Crippen LogP contribution in [0.25, 0.3) is 0 Å². The predicted octanol–water partition coefficient (Wildman–Crippen LogP) is 2.72. The SMILES string of the molecule is C[C@@H](CCc1ccccc1)NC(=O)CN(Cc1ccc(F)cc1)S(C)(=O)=O. The van der Waals surface area contributed by atoms with Gasteiger partial charge in [0.1, 0.15) is 5.82 Å². The highest BCUT2D eigenvalue weighted by Gasteiger charge is 2.21. The van der Waals surface area contributed by atoms with Crippen molar-refractivity contribution in [3.8, 4) is 0 Å². The lowest BCUT2D eigenvalue weighted by Gasteiger charge is -2.21. The van der Waals surface area contributed by atoms with E-state index in [-0.39, 0.29) is 25.0 Å². The Balaban J connectivity index is 1.90. The molecule has 0 fully saturated rings. The van der Waals surface area contributed by atoms with Crippen LogP contribution in [0.2, 0.25) is 0 Å². The van der Waals surface area contributed by atoms with Crippen LogP contribution in [0.15, 0.2) is 54.6 Å². The minimum Gasteiger partial charge on any atom is -0.352 e. The van der Waals surface area contributed by atoms with Crippen molar-refractivity contribution in [1.82, 2.24) is 9.62 Å². The Bertz CT molecular complexity index is 839. The van der Waals surface area contributed by atoms with Crippen LogP contribution < -0.4 is 5.32 Å². The Hall–Kier alpha value is -2.25. The number of carbonyl (C=O) groups is 1. The van der Waals surface area contributed by atoms with E-state index < -0.39 is 15.8 Å². The summed E-state index contributed by atoms with van der Waals surface area (Å²) < 4.78 is 38.1. The number of aryl methyl sites for hydroxylation is 1. The number of amides is 1. The molecule has 0 spiro atoms. The van der Waals surface area contributed by atoms with E-state index >= 15 is 0 Å². The van der Waals surface area contributed by atoms with Crippen LogP contribution in [0.4, 0.5) is 4.39 Å². The van der Waals surface area contributed by atoms with Gasteiger partial charge >= 0.3 is 0 Å². The van der Waals surface area contributed by atoms with E-state index in [2.05, 4.69) is 5.32 Å². The Kier molecular flexibility index (Phi) is 7.50. The number of halogens is 1. The number of hydrogen-bond donors (Lipinski definition) is 1. The fourth-order valence-corrected chi connectivity index (χ4v) is 3.40. The highest BCUT2D eigenvalue weighted by Crippen LogP contribution is 2.10. The lowest BCUT2D eigenvalue weighted by Crippen LogP contribution is -2.42. The smallest absolute Gasteiger partial charge is 0.235 e. The topological polar surface area (TPSA) is 66.5 Å². The minimum absolute atomic E-state index is 0.0188. The van der Waals surface area contributed by atoms with Crippen molar-refractivity contribution in [2.75, 3.05) is 12.8 Å². The number of benzene rings is 2. The van der Waals surface area contributed by atoms with Crippen LogP contribution in [0.1, 0.15) is 24.5 Å². The summed E-state index contributed by atoms with van der Waals surface area (Å²) in [6, 6.07) is 15.4. The lowest BCUT2D eigenvalue weighted by molar-refractivity contribution is -0.122. The molecule has 0 unspecified atom stereocenters. The largest absolute Gasteiger partial charge is 0.352 e. The van der Waals surface area contributed by atoms with Crippen LogP contribution in [-0.2, 0) is 27.8 Å². The van der Waals surface area contributed by atoms with Crippen molar-refractivity contribution in [2.45, 2.75) is 32.4 Å². The van der Waals surface area contributed by atoms with Gasteiger partial charge in [0, 0.05) is 12.6 Å². The number of hydrogen-bond acceptors (Lipinski definition) is 3. The number of nitrogens with one attached hydrogen (secondary N) is 1. The standard InChI is InChI=1S/C20H25FN2O3S/c1-16(8-9-17-6-4-3-5-7-17)22-20(24)15-23(27(2,25)26)14-18-10-12-19(21)13-11-18/h3-7,10-13,16H,8-9,14-15H2,1-2H3,(H,22,24)/t16-/m0/s1. The molecule has 146 valence electrons. The molecule has 0 aliphatic heterocycles. The quantitative estimate of drug-likeness (QED) is 0.714. The van der Waals surface area contributed by atoms with E-state index in [4.69, 9.17) is 0 Å². The summed E-state index contributed by atoms with van der Waals surface area (Å²) in [5, 5.41) is 2.84. The maximum absolute atomic E-state index is 13.0. The zero-order valence-electron chi connectivity index (χ0n) is 15.6. The molecule has 7 heteroatoms. The van der Waals surface area contributed by atoms with Crippen molar-refractivity contribution in [3.63, 3.8) is 0 Å². The van der Waals surface area contributed by atoms with Crippen LogP contribution >= 0.6 is 0 Å². The summed E-state index contributed by atoms with van der Waals surface area (Å²) in [6.45, 7) is 1.64. The van der Waals surface area contributed by atoms with Crippen molar-refractivity contribution in [3.05, 3.63) is 71.5 Å². The van der Waals surface area contributed by atoms with Gasteiger partial charge in [-0.15, -0.1) is 0 Å². The second-order valence-corrected chi connectivity index (χ2v) is 8.63. The van der Waals surface area contributed by atoms with Gasteiger partial charge in [0.2, 0.25) is 15.9 Å². The third kappa shape index (κ3) is 7.48. The van der Waals surface area contributed by atoms with E-state index in [0.29, 0.717) is 5.56 Å². The van der Waals surface area contributed by atoms with E-state index in [0.717, 1.165) is 23.4 Å². The summed E-state index contributed by atoms with van der Waals surface area (Å²) in [7, 11) is -3.58. The molecule has 2 rings (SSSR count). The molecule has 1 atom stereocenters. The van der Waals surface area contributed by atoms with Crippen molar-refractivity contribution in [2.24, 2.45) is 0 Å². The maximum Gasteiger partial charge on any atom is 0.235 e. The molecule has 0 aliphatic rings. The molecule has 5 nitrogen and oxygen atoms in total. The molecule has 0 bridgehead atoms. The van der Waals surface area contributed by atoms with Gasteiger partial charge in [-0.3, -0.25) is 4.79 Å². The number of rotatable bonds is 9. The highest BCUT2D eigenvalue weighted by atomic mass is 32.2. The Morgan fingerprint density at radius 2 is 1.70 bits per heavy atom. The van der Waals surface area contributed by atoms with Gasteiger partial charge < -0.3 is 5.32 Å². The maximum atomic E-state index is 13.0. The fraction of sp³-hybridized carbons (Fsp3) is 0.350. The average molecular weight is 392 g/mol. The average Bonchev–Trinajstić information content (AvgIpc) is 2.61. The zero-order chi connectivity index (χ0) is 19.9. The predicted molar refractivity (Wildman–Crippen MR) is 104 cm³/mol. The highest BCUT2D eigenvalue weighted by molar-refractivity contribution is 7.88. The van der Waals surface area contributed by atoms with E-state index in [1.165, 1.54) is 29.8 Å². The van der Waals surface area contributed by atoms with E-state index in [1.54, 1.807) is 0 Å². The summed E-state index contributed by atoms with van der Waals surface area (Å²) >= 11 is 0. The van der Waals surface area contributed by atoms with E-state index in [1.807, 2.05) is 37.3 Å². The normalized spacial score (nSPS) is 12.7. The van der Waals surface area contributed by atoms with Gasteiger partial charge in [0.15, 0.2) is 0 Å². The Morgan fingerprint density at radius 1 is 1.07 bits per heavy atom. The van der Waals surface area contributed by atoms with Crippen LogP contribution in [-0.4, -0.2) is 37.5 Å². The number of carbonyl (C=O) groups excluding carboxylic acids is 1. The first-order chi connectivity index (χ1) is 12.7. The molecule has 27 heavy (non-hydrogen) atoms. The van der Waals surface area contributed by atoms with E-state index in [9.17, 15) is 17.6 Å². The van der Waals surface area contributed by atoms with Crippen LogP contribution in [0.3, 0.4) is 0 Å². The van der Waals surface area contributed by atoms with Crippen LogP contribution in [0, 0.1) is 5.82 Å². The molecule has 0 saturated heterocycles.